The summed E-state index contributed by atoms with van der Waals surface area (Å²) in [6, 6.07) is 10.6. The van der Waals surface area contributed by atoms with Crippen molar-refractivity contribution < 1.29 is 0 Å². The minimum atomic E-state index is 1.05. The van der Waals surface area contributed by atoms with Crippen LogP contribution in [0, 0.1) is 0 Å². The molecule has 65 valence electrons. The Hall–Kier alpha value is -0.0900. The van der Waals surface area contributed by atoms with E-state index in [2.05, 4.69) is 63.2 Å². The van der Waals surface area contributed by atoms with Crippen molar-refractivity contribution in [2.24, 2.45) is 0 Å². The average molecular weight is 275 g/mol. The van der Waals surface area contributed by atoms with Crippen LogP contribution in [0.15, 0.2) is 30.3 Å². The van der Waals surface area contributed by atoms with Crippen LogP contribution in [0.2, 0.25) is 0 Å². The molecule has 12 heavy (non-hydrogen) atoms. The molecule has 1 aromatic rings. The second-order valence-corrected chi connectivity index (χ2v) is 4.19. The Morgan fingerprint density at radius 3 is 2.50 bits per heavy atom. The van der Waals surface area contributed by atoms with Crippen LogP contribution < -0.4 is 3.11 Å². The Kier molecular flexibility index (Phi) is 4.61. The second-order valence-electron chi connectivity index (χ2n) is 2.83. The molecule has 0 spiro atoms. The van der Waals surface area contributed by atoms with Gasteiger partial charge in [-0.2, -0.15) is 0 Å². The summed E-state index contributed by atoms with van der Waals surface area (Å²) in [5, 5.41) is 0. The van der Waals surface area contributed by atoms with Crippen LogP contribution in [0.3, 0.4) is 0 Å². The normalized spacial score (nSPS) is 10.6. The minimum absolute atomic E-state index is 1.05. The number of nitrogens with zero attached hydrogens (tertiary/aromatic N) is 1. The topological polar surface area (TPSA) is 5.90 Å². The largest absolute Gasteiger partial charge is 0.308 e. The highest BCUT2D eigenvalue weighted by molar-refractivity contribution is 14.1. The van der Waals surface area contributed by atoms with Crippen molar-refractivity contribution in [1.29, 1.82) is 0 Å². The molecule has 0 saturated heterocycles. The summed E-state index contributed by atoms with van der Waals surface area (Å²) in [6.45, 7) is 4.42. The van der Waals surface area contributed by atoms with Crippen LogP contribution in [-0.2, 0) is 6.54 Å². The Morgan fingerprint density at radius 2 is 1.92 bits per heavy atom. The first-order valence-corrected chi connectivity index (χ1v) is 5.24. The molecule has 0 fully saturated rings. The van der Waals surface area contributed by atoms with E-state index in [4.69, 9.17) is 0 Å². The first-order chi connectivity index (χ1) is 5.83. The van der Waals surface area contributed by atoms with E-state index < -0.39 is 0 Å². The quantitative estimate of drug-likeness (QED) is 0.588. The monoisotopic (exact) mass is 275 g/mol. The molecule has 0 aliphatic heterocycles. The molecule has 1 aromatic carbocycles. The van der Waals surface area contributed by atoms with Gasteiger partial charge in [-0.25, -0.2) is 0 Å². The van der Waals surface area contributed by atoms with Crippen molar-refractivity contribution in [2.45, 2.75) is 19.9 Å². The number of rotatable bonds is 4. The van der Waals surface area contributed by atoms with Gasteiger partial charge in [0.1, 0.15) is 6.54 Å². The average Bonchev–Trinajstić information content (AvgIpc) is 2.06. The van der Waals surface area contributed by atoms with E-state index in [0.717, 1.165) is 13.1 Å². The van der Waals surface area contributed by atoms with E-state index >= 15 is 0 Å². The summed E-state index contributed by atoms with van der Waals surface area (Å²) in [5.74, 6) is 0. The summed E-state index contributed by atoms with van der Waals surface area (Å²) in [4.78, 5) is 0. The lowest BCUT2D eigenvalue weighted by molar-refractivity contribution is 0.632. The number of halogens is 1. The van der Waals surface area contributed by atoms with Crippen LogP contribution in [0.25, 0.3) is 0 Å². The van der Waals surface area contributed by atoms with Gasteiger partial charge >= 0.3 is 22.9 Å². The Bertz CT molecular complexity index is 210. The highest BCUT2D eigenvalue weighted by atomic mass is 127. The zero-order valence-electron chi connectivity index (χ0n) is 7.33. The fourth-order valence-electron chi connectivity index (χ4n) is 1.10. The van der Waals surface area contributed by atoms with Gasteiger partial charge in [-0.3, -0.25) is 0 Å². The van der Waals surface area contributed by atoms with Gasteiger partial charge in [-0.05, 0) is 6.42 Å². The minimum Gasteiger partial charge on any atom is -0.105 e. The summed E-state index contributed by atoms with van der Waals surface area (Å²) in [7, 11) is 0. The van der Waals surface area contributed by atoms with Crippen LogP contribution in [0.4, 0.5) is 0 Å². The van der Waals surface area contributed by atoms with E-state index in [1.165, 1.54) is 12.0 Å². The standard InChI is InChI=1S/C10H14IN/c1-2-8-12(11)9-10-6-4-3-5-7-10/h3-7H,2,8-9H2,1H3/q+1. The molecule has 1 radical (unpaired) electrons. The van der Waals surface area contributed by atoms with Gasteiger partial charge < -0.3 is 0 Å². The second kappa shape index (κ2) is 5.54. The van der Waals surface area contributed by atoms with Crippen molar-refractivity contribution in [3.8, 4) is 0 Å². The maximum Gasteiger partial charge on any atom is 0.308 e. The Labute approximate surface area is 88.3 Å². The molecule has 1 nitrogen and oxygen atoms in total. The van der Waals surface area contributed by atoms with Gasteiger partial charge in [-0.15, -0.1) is 3.11 Å². The van der Waals surface area contributed by atoms with E-state index in [1.807, 2.05) is 0 Å². The van der Waals surface area contributed by atoms with Gasteiger partial charge in [0.15, 0.2) is 6.54 Å². The molecular formula is C10H14IN+. The zero-order chi connectivity index (χ0) is 8.81. The molecule has 0 bridgehead atoms. The summed E-state index contributed by atoms with van der Waals surface area (Å²) in [6.07, 6.45) is 1.22. The van der Waals surface area contributed by atoms with Gasteiger partial charge in [0.05, 0.1) is 0 Å². The van der Waals surface area contributed by atoms with Gasteiger partial charge in [0.2, 0.25) is 0 Å². The fourth-order valence-corrected chi connectivity index (χ4v) is 1.98. The van der Waals surface area contributed by atoms with Crippen molar-refractivity contribution in [1.82, 2.24) is 3.11 Å². The van der Waals surface area contributed by atoms with Crippen molar-refractivity contribution in [3.63, 3.8) is 0 Å². The summed E-state index contributed by atoms with van der Waals surface area (Å²) >= 11 is 2.38. The SMILES string of the molecule is CCC[N+](I)Cc1ccccc1. The third-order valence-electron chi connectivity index (χ3n) is 1.66. The molecule has 0 aliphatic carbocycles. The first kappa shape index (κ1) is 9.99. The van der Waals surface area contributed by atoms with Gasteiger partial charge in [-0.1, -0.05) is 37.3 Å². The third-order valence-corrected chi connectivity index (χ3v) is 2.49. The molecule has 0 N–H and O–H groups in total. The Morgan fingerprint density at radius 1 is 1.25 bits per heavy atom. The van der Waals surface area contributed by atoms with Crippen molar-refractivity contribution >= 4 is 22.9 Å². The van der Waals surface area contributed by atoms with Crippen molar-refractivity contribution in [2.75, 3.05) is 6.54 Å². The number of benzene rings is 1. The lowest BCUT2D eigenvalue weighted by atomic mass is 10.2. The molecule has 2 heteroatoms. The van der Waals surface area contributed by atoms with E-state index in [9.17, 15) is 0 Å². The Balaban J connectivity index is 2.41. The first-order valence-electron chi connectivity index (χ1n) is 4.27. The van der Waals surface area contributed by atoms with E-state index in [0.29, 0.717) is 0 Å². The molecule has 0 aromatic heterocycles. The number of hydrogen-bond donors (Lipinski definition) is 0. The van der Waals surface area contributed by atoms with E-state index in [-0.39, 0.29) is 0 Å². The molecular weight excluding hydrogens is 261 g/mol. The lowest BCUT2D eigenvalue weighted by Gasteiger charge is -2.01. The molecule has 0 saturated carbocycles. The smallest absolute Gasteiger partial charge is 0.105 e. The predicted octanol–water partition coefficient (Wildman–Crippen LogP) is 3.09. The molecule has 0 atom stereocenters. The molecule has 1 rings (SSSR count). The maximum absolute atomic E-state index is 2.38. The van der Waals surface area contributed by atoms with Crippen LogP contribution in [0.1, 0.15) is 18.9 Å². The molecule has 0 heterocycles. The zero-order valence-corrected chi connectivity index (χ0v) is 9.49. The van der Waals surface area contributed by atoms with Crippen LogP contribution >= 0.6 is 22.9 Å². The van der Waals surface area contributed by atoms with Gasteiger partial charge in [0.25, 0.3) is 0 Å². The highest BCUT2D eigenvalue weighted by Crippen LogP contribution is 2.05. The highest BCUT2D eigenvalue weighted by Gasteiger charge is 2.09. The maximum atomic E-state index is 2.38. The third kappa shape index (κ3) is 3.54. The van der Waals surface area contributed by atoms with Crippen LogP contribution in [0.5, 0.6) is 0 Å². The fraction of sp³-hybridized carbons (Fsp3) is 0.400. The summed E-state index contributed by atoms with van der Waals surface area (Å²) in [5.41, 5.74) is 1.39. The van der Waals surface area contributed by atoms with E-state index in [1.54, 1.807) is 0 Å². The molecule has 0 unspecified atom stereocenters. The lowest BCUT2D eigenvalue weighted by Crippen LogP contribution is -2.17. The van der Waals surface area contributed by atoms with Gasteiger partial charge in [0, 0.05) is 5.56 Å². The molecule has 0 aliphatic rings. The van der Waals surface area contributed by atoms with Crippen LogP contribution in [-0.4, -0.2) is 6.54 Å². The molecule has 0 amide bonds. The number of hydrogen-bond acceptors (Lipinski definition) is 1. The predicted molar refractivity (Wildman–Crippen MR) is 61.5 cm³/mol. The van der Waals surface area contributed by atoms with Crippen molar-refractivity contribution in [3.05, 3.63) is 35.9 Å². The summed E-state index contributed by atoms with van der Waals surface area (Å²) < 4.78 is 2.31.